The summed E-state index contributed by atoms with van der Waals surface area (Å²) in [6.45, 7) is 0. The highest BCUT2D eigenvalue weighted by Gasteiger charge is 2.16. The van der Waals surface area contributed by atoms with E-state index in [4.69, 9.17) is 11.6 Å². The highest BCUT2D eigenvalue weighted by atomic mass is 35.5. The maximum atomic E-state index is 12.6. The first-order valence-corrected chi connectivity index (χ1v) is 12.3. The van der Waals surface area contributed by atoms with Gasteiger partial charge < -0.3 is 5.32 Å². The van der Waals surface area contributed by atoms with Gasteiger partial charge in [-0.25, -0.2) is 18.4 Å². The molecule has 0 saturated heterocycles. The Balaban J connectivity index is 1.38. The van der Waals surface area contributed by atoms with Crippen molar-refractivity contribution in [1.82, 2.24) is 20.2 Å². The Labute approximate surface area is 198 Å². The van der Waals surface area contributed by atoms with Gasteiger partial charge in [-0.3, -0.25) is 4.72 Å². The summed E-state index contributed by atoms with van der Waals surface area (Å²) < 4.78 is 27.6. The smallest absolute Gasteiger partial charge is 0.263 e. The predicted octanol–water partition coefficient (Wildman–Crippen LogP) is 5.35. The molecule has 0 bridgehead atoms. The van der Waals surface area contributed by atoms with E-state index in [0.29, 0.717) is 11.5 Å². The summed E-state index contributed by atoms with van der Waals surface area (Å²) in [5.74, 6) is 0.722. The molecular weight excluding hydrogens is 480 g/mol. The molecule has 5 aromatic rings. The molecule has 0 amide bonds. The van der Waals surface area contributed by atoms with Crippen LogP contribution in [0.4, 0.5) is 17.3 Å². The number of anilines is 3. The second kappa shape index (κ2) is 8.74. The second-order valence-electron chi connectivity index (χ2n) is 6.91. The lowest BCUT2D eigenvalue weighted by atomic mass is 10.2. The quantitative estimate of drug-likeness (QED) is 0.327. The number of hydrogen-bond donors (Lipinski definition) is 2. The van der Waals surface area contributed by atoms with E-state index in [1.807, 2.05) is 36.4 Å². The zero-order chi connectivity index (χ0) is 22.8. The number of halogens is 1. The minimum absolute atomic E-state index is 0.0802. The molecule has 33 heavy (non-hydrogen) atoms. The van der Waals surface area contributed by atoms with Gasteiger partial charge in [-0.05, 0) is 48.0 Å². The van der Waals surface area contributed by atoms with Crippen LogP contribution in [-0.4, -0.2) is 28.6 Å². The molecule has 0 aliphatic rings. The molecule has 3 heterocycles. The average molecular weight is 495 g/mol. The number of nitrogens with zero attached hydrogens (tertiary/aromatic N) is 4. The maximum Gasteiger partial charge on any atom is 0.263 e. The highest BCUT2D eigenvalue weighted by molar-refractivity contribution is 7.92. The fourth-order valence-electron chi connectivity index (χ4n) is 3.12. The standard InChI is InChI=1S/C22H15ClN6O2S2/c23-19-10-11-20(28-27-19)29-33(30,31)16-8-6-15(7-9-16)26-21-17-12-18(14-4-2-1-3-5-14)32-22(17)25-13-24-21/h1-13H,(H,28,29)(H,24,25,26). The van der Waals surface area contributed by atoms with Crippen LogP contribution in [0.15, 0.2) is 84.0 Å². The lowest BCUT2D eigenvalue weighted by molar-refractivity contribution is 0.601. The van der Waals surface area contributed by atoms with E-state index in [1.54, 1.807) is 23.5 Å². The molecule has 11 heteroatoms. The summed E-state index contributed by atoms with van der Waals surface area (Å²) >= 11 is 7.27. The van der Waals surface area contributed by atoms with Crippen LogP contribution < -0.4 is 10.0 Å². The lowest BCUT2D eigenvalue weighted by Crippen LogP contribution is -2.14. The molecule has 2 N–H and O–H groups in total. The zero-order valence-corrected chi connectivity index (χ0v) is 19.2. The maximum absolute atomic E-state index is 12.6. The average Bonchev–Trinajstić information content (AvgIpc) is 3.27. The van der Waals surface area contributed by atoms with Crippen molar-refractivity contribution >= 4 is 60.5 Å². The van der Waals surface area contributed by atoms with Gasteiger partial charge in [0.15, 0.2) is 11.0 Å². The van der Waals surface area contributed by atoms with Crippen LogP contribution in [-0.2, 0) is 10.0 Å². The molecule has 0 saturated carbocycles. The van der Waals surface area contributed by atoms with E-state index in [1.165, 1.54) is 30.6 Å². The molecule has 0 aliphatic heterocycles. The molecule has 0 spiro atoms. The van der Waals surface area contributed by atoms with Crippen LogP contribution in [0.2, 0.25) is 5.15 Å². The van der Waals surface area contributed by atoms with Crippen molar-refractivity contribution in [3.63, 3.8) is 0 Å². The van der Waals surface area contributed by atoms with Crippen molar-refractivity contribution in [2.45, 2.75) is 4.90 Å². The van der Waals surface area contributed by atoms with Crippen molar-refractivity contribution in [3.05, 3.63) is 84.3 Å². The molecule has 0 aliphatic carbocycles. The molecule has 3 aromatic heterocycles. The number of benzene rings is 2. The van der Waals surface area contributed by atoms with Crippen LogP contribution in [0.1, 0.15) is 0 Å². The number of aromatic nitrogens is 4. The largest absolute Gasteiger partial charge is 0.340 e. The Bertz CT molecular complexity index is 1520. The van der Waals surface area contributed by atoms with Crippen molar-refractivity contribution < 1.29 is 8.42 Å². The molecule has 0 atom stereocenters. The van der Waals surface area contributed by atoms with Gasteiger partial charge in [0.2, 0.25) is 0 Å². The summed E-state index contributed by atoms with van der Waals surface area (Å²) in [7, 11) is -3.83. The molecule has 0 fully saturated rings. The first-order chi connectivity index (χ1) is 16.0. The first-order valence-electron chi connectivity index (χ1n) is 9.67. The summed E-state index contributed by atoms with van der Waals surface area (Å²) in [5, 5.41) is 11.7. The van der Waals surface area contributed by atoms with Crippen molar-refractivity contribution in [2.24, 2.45) is 0 Å². The predicted molar refractivity (Wildman–Crippen MR) is 130 cm³/mol. The third-order valence-corrected chi connectivity index (χ3v) is 7.35. The van der Waals surface area contributed by atoms with E-state index < -0.39 is 10.0 Å². The molecule has 2 aromatic carbocycles. The van der Waals surface area contributed by atoms with E-state index in [9.17, 15) is 8.42 Å². The van der Waals surface area contributed by atoms with Gasteiger partial charge in [-0.2, -0.15) is 0 Å². The number of hydrogen-bond acceptors (Lipinski definition) is 8. The fraction of sp³-hybridized carbons (Fsp3) is 0. The van der Waals surface area contributed by atoms with Gasteiger partial charge in [0, 0.05) is 10.6 Å². The van der Waals surface area contributed by atoms with Crippen LogP contribution >= 0.6 is 22.9 Å². The zero-order valence-electron chi connectivity index (χ0n) is 16.8. The molecule has 164 valence electrons. The van der Waals surface area contributed by atoms with Gasteiger partial charge in [0.1, 0.15) is 17.0 Å². The minimum atomic E-state index is -3.83. The van der Waals surface area contributed by atoms with Crippen LogP contribution in [0, 0.1) is 0 Å². The topological polar surface area (TPSA) is 110 Å². The van der Waals surface area contributed by atoms with Gasteiger partial charge in [0.25, 0.3) is 10.0 Å². The Kier molecular flexibility index (Phi) is 5.63. The minimum Gasteiger partial charge on any atom is -0.340 e. The van der Waals surface area contributed by atoms with Gasteiger partial charge in [-0.15, -0.1) is 21.5 Å². The van der Waals surface area contributed by atoms with E-state index in [0.717, 1.165) is 20.7 Å². The van der Waals surface area contributed by atoms with Crippen LogP contribution in [0.3, 0.4) is 0 Å². The fourth-order valence-corrected chi connectivity index (χ4v) is 5.22. The van der Waals surface area contributed by atoms with Crippen molar-refractivity contribution in [3.8, 4) is 10.4 Å². The number of nitrogens with one attached hydrogen (secondary N) is 2. The van der Waals surface area contributed by atoms with Crippen molar-refractivity contribution in [1.29, 1.82) is 0 Å². The van der Waals surface area contributed by atoms with Crippen LogP contribution in [0.5, 0.6) is 0 Å². The summed E-state index contributed by atoms with van der Waals surface area (Å²) in [5.41, 5.74) is 1.80. The third kappa shape index (κ3) is 4.63. The highest BCUT2D eigenvalue weighted by Crippen LogP contribution is 2.35. The number of sulfonamides is 1. The molecular formula is C22H15ClN6O2S2. The summed E-state index contributed by atoms with van der Waals surface area (Å²) in [6.07, 6.45) is 1.51. The number of fused-ring (bicyclic) bond motifs is 1. The van der Waals surface area contributed by atoms with Gasteiger partial charge in [0.05, 0.1) is 10.3 Å². The molecule has 8 nitrogen and oxygen atoms in total. The Morgan fingerprint density at radius 3 is 2.39 bits per heavy atom. The van der Waals surface area contributed by atoms with Gasteiger partial charge in [-0.1, -0.05) is 41.9 Å². The lowest BCUT2D eigenvalue weighted by Gasteiger charge is -2.09. The van der Waals surface area contributed by atoms with Gasteiger partial charge >= 0.3 is 0 Å². The monoisotopic (exact) mass is 494 g/mol. The molecule has 5 rings (SSSR count). The SMILES string of the molecule is O=S(=O)(Nc1ccc(Cl)nn1)c1ccc(Nc2ncnc3sc(-c4ccccc4)cc23)cc1. The normalized spacial score (nSPS) is 11.4. The summed E-state index contributed by atoms with van der Waals surface area (Å²) in [4.78, 5) is 10.8. The Morgan fingerprint density at radius 1 is 0.879 bits per heavy atom. The van der Waals surface area contributed by atoms with Crippen LogP contribution in [0.25, 0.3) is 20.7 Å². The molecule has 0 unspecified atom stereocenters. The number of thiophene rings is 1. The first kappa shape index (κ1) is 21.3. The second-order valence-corrected chi connectivity index (χ2v) is 10.0. The summed E-state index contributed by atoms with van der Waals surface area (Å²) in [6, 6.07) is 21.3. The number of rotatable bonds is 6. The third-order valence-electron chi connectivity index (χ3n) is 4.69. The Morgan fingerprint density at radius 2 is 1.67 bits per heavy atom. The van der Waals surface area contributed by atoms with Crippen molar-refractivity contribution in [2.75, 3.05) is 10.0 Å². The van der Waals surface area contributed by atoms with E-state index in [2.05, 4.69) is 30.2 Å². The van der Waals surface area contributed by atoms with E-state index >= 15 is 0 Å². The Hall–Kier alpha value is -3.60. The van der Waals surface area contributed by atoms with E-state index in [-0.39, 0.29) is 15.9 Å². The molecule has 0 radical (unpaired) electrons.